The Labute approximate surface area is 185 Å². The van der Waals surface area contributed by atoms with Crippen molar-refractivity contribution in [2.24, 2.45) is 5.92 Å². The molecular formula is C22H26N4O4S. The fraction of sp³-hybridized carbons (Fsp3) is 0.364. The average Bonchev–Trinajstić information content (AvgIpc) is 2.82. The van der Waals surface area contributed by atoms with Crippen molar-refractivity contribution in [3.05, 3.63) is 48.2 Å². The molecule has 0 unspecified atom stereocenters. The fourth-order valence-corrected chi connectivity index (χ4v) is 3.95. The number of pyridine rings is 1. The van der Waals surface area contributed by atoms with Crippen LogP contribution in [0, 0.1) is 5.92 Å². The molecule has 31 heavy (non-hydrogen) atoms. The molecule has 3 amide bonds. The van der Waals surface area contributed by atoms with E-state index in [0.717, 1.165) is 17.9 Å². The van der Waals surface area contributed by atoms with E-state index in [1.165, 1.54) is 11.8 Å². The van der Waals surface area contributed by atoms with Gasteiger partial charge >= 0.3 is 11.8 Å². The molecule has 0 atom stereocenters. The molecule has 164 valence electrons. The number of amides is 3. The summed E-state index contributed by atoms with van der Waals surface area (Å²) >= 11 is 1.45. The first-order chi connectivity index (χ1) is 15.0. The van der Waals surface area contributed by atoms with E-state index >= 15 is 0 Å². The third-order valence-corrected chi connectivity index (χ3v) is 5.91. The molecule has 2 aromatic rings. The maximum absolute atomic E-state index is 12.8. The summed E-state index contributed by atoms with van der Waals surface area (Å²) < 4.78 is 5.07. The lowest BCUT2D eigenvalue weighted by Gasteiger charge is -2.32. The monoisotopic (exact) mass is 442 g/mol. The molecule has 0 radical (unpaired) electrons. The number of nitrogens with one attached hydrogen (secondary N) is 2. The van der Waals surface area contributed by atoms with Crippen LogP contribution in [0.4, 0.5) is 5.69 Å². The zero-order chi connectivity index (χ0) is 22.2. The van der Waals surface area contributed by atoms with Crippen molar-refractivity contribution < 1.29 is 19.1 Å². The zero-order valence-electron chi connectivity index (χ0n) is 17.6. The Balaban J connectivity index is 1.43. The van der Waals surface area contributed by atoms with Gasteiger partial charge in [-0.15, -0.1) is 11.8 Å². The number of thioether (sulfide) groups is 1. The summed E-state index contributed by atoms with van der Waals surface area (Å²) in [5.41, 5.74) is 1.14. The summed E-state index contributed by atoms with van der Waals surface area (Å²) in [4.78, 5) is 43.1. The van der Waals surface area contributed by atoms with Gasteiger partial charge in [0, 0.05) is 31.5 Å². The van der Waals surface area contributed by atoms with Crippen LogP contribution in [-0.2, 0) is 9.59 Å². The number of ether oxygens (including phenoxy) is 1. The average molecular weight is 443 g/mol. The van der Waals surface area contributed by atoms with Crippen LogP contribution in [0.25, 0.3) is 0 Å². The first-order valence-electron chi connectivity index (χ1n) is 10.0. The summed E-state index contributed by atoms with van der Waals surface area (Å²) in [6.45, 7) is 1.63. The first-order valence-corrected chi connectivity index (χ1v) is 11.3. The number of carbonyl (C=O) groups excluding carboxylic acids is 3. The van der Waals surface area contributed by atoms with Crippen molar-refractivity contribution in [2.45, 2.75) is 17.9 Å². The van der Waals surface area contributed by atoms with Gasteiger partial charge in [-0.1, -0.05) is 0 Å². The smallest absolute Gasteiger partial charge is 0.313 e. The van der Waals surface area contributed by atoms with E-state index in [0.29, 0.717) is 36.6 Å². The number of likely N-dealkylation sites (tertiary alicyclic amines) is 1. The molecule has 1 aliphatic heterocycles. The number of hydrogen-bond donors (Lipinski definition) is 2. The number of aromatic nitrogens is 1. The van der Waals surface area contributed by atoms with Gasteiger partial charge in [0.05, 0.1) is 12.7 Å². The topological polar surface area (TPSA) is 101 Å². The maximum Gasteiger partial charge on any atom is 0.313 e. The summed E-state index contributed by atoms with van der Waals surface area (Å²) in [5, 5.41) is 5.99. The highest BCUT2D eigenvalue weighted by Crippen LogP contribution is 2.22. The number of carbonyl (C=O) groups is 3. The Morgan fingerprint density at radius 2 is 1.84 bits per heavy atom. The largest absolute Gasteiger partial charge is 0.497 e. The molecule has 0 saturated carbocycles. The number of hydrogen-bond acceptors (Lipinski definition) is 6. The fourth-order valence-electron chi connectivity index (χ4n) is 3.41. The van der Waals surface area contributed by atoms with Gasteiger partial charge in [-0.25, -0.2) is 4.98 Å². The Hall–Kier alpha value is -3.07. The standard InChI is InChI=1S/C22H26N4O4S/c1-30-17-7-5-16(6-8-17)25-20(28)19(27)24-14-15-9-12-26(13-10-15)22(29)18-4-3-11-23-21(18)31-2/h3-8,11,15H,9-10,12-14H2,1-2H3,(H,24,27)(H,25,28). The van der Waals surface area contributed by atoms with E-state index in [9.17, 15) is 14.4 Å². The van der Waals surface area contributed by atoms with E-state index < -0.39 is 11.8 Å². The number of piperidine rings is 1. The number of methoxy groups -OCH3 is 1. The lowest BCUT2D eigenvalue weighted by atomic mass is 9.96. The van der Waals surface area contributed by atoms with E-state index in [4.69, 9.17) is 4.74 Å². The summed E-state index contributed by atoms with van der Waals surface area (Å²) in [6.07, 6.45) is 5.11. The third-order valence-electron chi connectivity index (χ3n) is 5.20. The van der Waals surface area contributed by atoms with Crippen LogP contribution in [0.15, 0.2) is 47.6 Å². The van der Waals surface area contributed by atoms with Crippen LogP contribution in [0.1, 0.15) is 23.2 Å². The van der Waals surface area contributed by atoms with Crippen LogP contribution in [-0.4, -0.2) is 60.6 Å². The Morgan fingerprint density at radius 3 is 2.48 bits per heavy atom. The first kappa shape index (κ1) is 22.6. The van der Waals surface area contributed by atoms with Gasteiger partial charge < -0.3 is 20.3 Å². The molecule has 2 heterocycles. The van der Waals surface area contributed by atoms with Gasteiger partial charge in [-0.3, -0.25) is 14.4 Å². The van der Waals surface area contributed by atoms with Gasteiger partial charge in [0.25, 0.3) is 5.91 Å². The number of benzene rings is 1. The van der Waals surface area contributed by atoms with Crippen LogP contribution < -0.4 is 15.4 Å². The lowest BCUT2D eigenvalue weighted by Crippen LogP contribution is -2.43. The van der Waals surface area contributed by atoms with Crippen LogP contribution in [0.5, 0.6) is 5.75 Å². The highest BCUT2D eigenvalue weighted by Gasteiger charge is 2.26. The van der Waals surface area contributed by atoms with Crippen molar-refractivity contribution in [3.8, 4) is 5.75 Å². The molecular weight excluding hydrogens is 416 g/mol. The van der Waals surface area contributed by atoms with Crippen molar-refractivity contribution in [1.29, 1.82) is 0 Å². The van der Waals surface area contributed by atoms with Gasteiger partial charge in [0.2, 0.25) is 0 Å². The van der Waals surface area contributed by atoms with Crippen molar-refractivity contribution in [1.82, 2.24) is 15.2 Å². The third kappa shape index (κ3) is 5.97. The zero-order valence-corrected chi connectivity index (χ0v) is 18.4. The quantitative estimate of drug-likeness (QED) is 0.526. The Morgan fingerprint density at radius 1 is 1.13 bits per heavy atom. The molecule has 2 N–H and O–H groups in total. The highest BCUT2D eigenvalue weighted by atomic mass is 32.2. The predicted octanol–water partition coefficient (Wildman–Crippen LogP) is 2.42. The minimum atomic E-state index is -0.709. The Bertz CT molecular complexity index is 927. The molecule has 0 aliphatic carbocycles. The summed E-state index contributed by atoms with van der Waals surface area (Å²) in [7, 11) is 1.56. The highest BCUT2D eigenvalue weighted by molar-refractivity contribution is 7.98. The number of anilines is 1. The second-order valence-corrected chi connectivity index (χ2v) is 7.98. The summed E-state index contributed by atoms with van der Waals surface area (Å²) in [5.74, 6) is -0.511. The van der Waals surface area contributed by atoms with Gasteiger partial charge in [-0.05, 0) is 61.4 Å². The molecule has 1 fully saturated rings. The van der Waals surface area contributed by atoms with E-state index in [-0.39, 0.29) is 11.8 Å². The summed E-state index contributed by atoms with van der Waals surface area (Å²) in [6, 6.07) is 10.3. The number of nitrogens with zero attached hydrogens (tertiary/aromatic N) is 2. The molecule has 1 aliphatic rings. The van der Waals surface area contributed by atoms with Crippen molar-refractivity contribution in [3.63, 3.8) is 0 Å². The molecule has 0 bridgehead atoms. The van der Waals surface area contributed by atoms with Crippen molar-refractivity contribution in [2.75, 3.05) is 38.3 Å². The molecule has 1 saturated heterocycles. The molecule has 1 aromatic heterocycles. The molecule has 8 nitrogen and oxygen atoms in total. The van der Waals surface area contributed by atoms with E-state index in [1.54, 1.807) is 49.7 Å². The number of rotatable bonds is 6. The normalized spacial score (nSPS) is 14.1. The van der Waals surface area contributed by atoms with Crippen LogP contribution in [0.2, 0.25) is 0 Å². The van der Waals surface area contributed by atoms with Crippen LogP contribution >= 0.6 is 11.8 Å². The van der Waals surface area contributed by atoms with Gasteiger partial charge in [0.15, 0.2) is 0 Å². The molecule has 0 spiro atoms. The molecule has 3 rings (SSSR count). The molecule has 1 aromatic carbocycles. The van der Waals surface area contributed by atoms with Gasteiger partial charge in [0.1, 0.15) is 10.8 Å². The SMILES string of the molecule is COc1ccc(NC(=O)C(=O)NCC2CCN(C(=O)c3cccnc3SC)CC2)cc1. The van der Waals surface area contributed by atoms with Gasteiger partial charge in [-0.2, -0.15) is 0 Å². The lowest BCUT2D eigenvalue weighted by molar-refractivity contribution is -0.136. The minimum absolute atomic E-state index is 0.0150. The van der Waals surface area contributed by atoms with E-state index in [1.807, 2.05) is 11.2 Å². The maximum atomic E-state index is 12.8. The van der Waals surface area contributed by atoms with Crippen LogP contribution in [0.3, 0.4) is 0 Å². The minimum Gasteiger partial charge on any atom is -0.497 e. The Kier molecular flexibility index (Phi) is 7.88. The second-order valence-electron chi connectivity index (χ2n) is 7.19. The molecule has 9 heteroatoms. The van der Waals surface area contributed by atoms with Crippen molar-refractivity contribution >= 4 is 35.2 Å². The van der Waals surface area contributed by atoms with E-state index in [2.05, 4.69) is 15.6 Å². The predicted molar refractivity (Wildman–Crippen MR) is 119 cm³/mol. The second kappa shape index (κ2) is 10.8.